The van der Waals surface area contributed by atoms with Crippen molar-refractivity contribution in [2.24, 2.45) is 0 Å². The predicted molar refractivity (Wildman–Crippen MR) is 38.2 cm³/mol. The molecule has 0 aromatic heterocycles. The minimum absolute atomic E-state index is 0. The molecular weight excluding hydrogens is 155 g/mol. The fourth-order valence-electron chi connectivity index (χ4n) is 0.0680. The van der Waals surface area contributed by atoms with E-state index in [4.69, 9.17) is 0 Å². The number of hydrogen-bond acceptors (Lipinski definition) is 3. The molecular formula is C3H3NaS3. The molecule has 0 bridgehead atoms. The molecule has 0 amide bonds. The third-order valence-electron chi connectivity index (χ3n) is 0.250. The van der Waals surface area contributed by atoms with Gasteiger partial charge in [0.15, 0.2) is 0 Å². The molecule has 4 heteroatoms. The van der Waals surface area contributed by atoms with E-state index >= 15 is 0 Å². The van der Waals surface area contributed by atoms with Crippen molar-refractivity contribution in [1.82, 2.24) is 0 Å². The van der Waals surface area contributed by atoms with E-state index in [0.717, 1.165) is 0 Å². The van der Waals surface area contributed by atoms with E-state index in [0.29, 0.717) is 10.6 Å². The van der Waals surface area contributed by atoms with Gasteiger partial charge < -0.3 is 24.8 Å². The van der Waals surface area contributed by atoms with Crippen LogP contribution in [-0.2, 0) is 12.6 Å². The summed E-state index contributed by atoms with van der Waals surface area (Å²) in [6, 6.07) is 0. The first-order valence-electron chi connectivity index (χ1n) is 1.41. The van der Waals surface area contributed by atoms with Crippen LogP contribution in [0, 0.1) is 0 Å². The molecule has 34 valence electrons. The molecule has 0 aliphatic heterocycles. The van der Waals surface area contributed by atoms with Gasteiger partial charge in [-0.2, -0.15) is 0 Å². The normalized spacial score (nSPS) is 6.29. The fraction of sp³-hybridized carbons (Fsp3) is 0.333. The minimum Gasteiger partial charge on any atom is -0.433 e. The molecule has 0 N–H and O–H groups in total. The van der Waals surface area contributed by atoms with Gasteiger partial charge in [0, 0.05) is 0 Å². The first-order valence-corrected chi connectivity index (χ1v) is 2.69. The number of rotatable bonds is 2. The van der Waals surface area contributed by atoms with Crippen molar-refractivity contribution in [3.63, 3.8) is 0 Å². The summed E-state index contributed by atoms with van der Waals surface area (Å²) >= 11 is 13.5. The Hall–Kier alpha value is 1.40. The summed E-state index contributed by atoms with van der Waals surface area (Å²) in [5.74, 6) is 0. The van der Waals surface area contributed by atoms with Gasteiger partial charge in [-0.3, -0.25) is 0 Å². The monoisotopic (exact) mass is 158 g/mol. The van der Waals surface area contributed by atoms with Crippen molar-refractivity contribution < 1.29 is 29.6 Å². The summed E-state index contributed by atoms with van der Waals surface area (Å²) < 4.78 is 0.546. The van der Waals surface area contributed by atoms with E-state index in [-0.39, 0.29) is 29.6 Å². The second kappa shape index (κ2) is 7.40. The average molecular weight is 158 g/mol. The van der Waals surface area contributed by atoms with E-state index in [1.54, 1.807) is 0 Å². The van der Waals surface area contributed by atoms with Gasteiger partial charge in [-0.1, -0.05) is 12.2 Å². The van der Waals surface area contributed by atoms with Crippen molar-refractivity contribution in [2.75, 3.05) is 0 Å². The molecule has 0 unspecified atom stereocenters. The number of hydrogen-bond donors (Lipinski definition) is 0. The van der Waals surface area contributed by atoms with Crippen LogP contribution in [0.15, 0.2) is 0 Å². The molecule has 0 aliphatic rings. The minimum atomic E-state index is 0. The van der Waals surface area contributed by atoms with Crippen molar-refractivity contribution in [2.45, 2.75) is 6.42 Å². The van der Waals surface area contributed by atoms with Crippen LogP contribution in [0.5, 0.6) is 0 Å². The van der Waals surface area contributed by atoms with Crippen LogP contribution in [0.2, 0.25) is 0 Å². The van der Waals surface area contributed by atoms with Gasteiger partial charge in [-0.05, 0) is 11.8 Å². The van der Waals surface area contributed by atoms with Crippen molar-refractivity contribution in [3.8, 4) is 0 Å². The fourth-order valence-corrected chi connectivity index (χ4v) is 0.612. The van der Waals surface area contributed by atoms with Crippen LogP contribution in [0.3, 0.4) is 0 Å². The van der Waals surface area contributed by atoms with Gasteiger partial charge in [0.25, 0.3) is 0 Å². The van der Waals surface area contributed by atoms with Crippen molar-refractivity contribution >= 4 is 46.6 Å². The van der Waals surface area contributed by atoms with E-state index in [9.17, 15) is 0 Å². The maximum Gasteiger partial charge on any atom is 1.00 e. The Morgan fingerprint density at radius 2 is 2.14 bits per heavy atom. The SMILES string of the molecule is S=CCC(=S)[S-].[Na+]. The summed E-state index contributed by atoms with van der Waals surface area (Å²) in [4.78, 5) is 0. The first kappa shape index (κ1) is 11.2. The summed E-state index contributed by atoms with van der Waals surface area (Å²) in [5.41, 5.74) is 0. The zero-order valence-electron chi connectivity index (χ0n) is 4.01. The molecule has 0 aromatic rings. The Labute approximate surface area is 81.8 Å². The van der Waals surface area contributed by atoms with Crippen molar-refractivity contribution in [3.05, 3.63) is 0 Å². The van der Waals surface area contributed by atoms with Crippen LogP contribution in [0.4, 0.5) is 0 Å². The first-order chi connectivity index (χ1) is 2.77. The molecule has 0 nitrogen and oxygen atoms in total. The van der Waals surface area contributed by atoms with Gasteiger partial charge >= 0.3 is 29.6 Å². The standard InChI is InChI=1S/C3H4S3.Na/c4-2-1-3(5)6;/h2H,1H2,(H,5,6);/q;+1/p-1. The van der Waals surface area contributed by atoms with Crippen molar-refractivity contribution in [1.29, 1.82) is 0 Å². The topological polar surface area (TPSA) is 0 Å². The predicted octanol–water partition coefficient (Wildman–Crippen LogP) is -1.75. The largest absolute Gasteiger partial charge is 1.00 e. The average Bonchev–Trinajstić information content (AvgIpc) is 1.35. The molecule has 0 atom stereocenters. The summed E-state index contributed by atoms with van der Waals surface area (Å²) in [5, 5.41) is 1.54. The van der Waals surface area contributed by atoms with Gasteiger partial charge in [-0.15, -0.1) is 4.20 Å². The van der Waals surface area contributed by atoms with Crippen LogP contribution in [0.1, 0.15) is 6.42 Å². The molecule has 0 aliphatic carbocycles. The van der Waals surface area contributed by atoms with E-state index < -0.39 is 0 Å². The molecule has 0 aromatic carbocycles. The van der Waals surface area contributed by atoms with Gasteiger partial charge in [0.1, 0.15) is 0 Å². The van der Waals surface area contributed by atoms with Gasteiger partial charge in [0.2, 0.25) is 0 Å². The molecule has 0 radical (unpaired) electrons. The van der Waals surface area contributed by atoms with Crippen LogP contribution >= 0.6 is 24.4 Å². The van der Waals surface area contributed by atoms with Crippen LogP contribution < -0.4 is 29.6 Å². The Morgan fingerprint density at radius 3 is 2.14 bits per heavy atom. The Balaban J connectivity index is 0. The molecule has 0 saturated heterocycles. The van der Waals surface area contributed by atoms with E-state index in [2.05, 4.69) is 37.1 Å². The number of thiocarbonyl (C=S) groups is 2. The third-order valence-corrected chi connectivity index (χ3v) is 0.750. The third kappa shape index (κ3) is 11.1. The maximum absolute atomic E-state index is 4.51. The van der Waals surface area contributed by atoms with E-state index in [1.807, 2.05) is 0 Å². The maximum atomic E-state index is 4.51. The quantitative estimate of drug-likeness (QED) is 0.266. The summed E-state index contributed by atoms with van der Waals surface area (Å²) in [6.45, 7) is 0. The Morgan fingerprint density at radius 1 is 1.71 bits per heavy atom. The summed E-state index contributed by atoms with van der Waals surface area (Å²) in [7, 11) is 0. The molecule has 7 heavy (non-hydrogen) atoms. The van der Waals surface area contributed by atoms with Gasteiger partial charge in [-0.25, -0.2) is 0 Å². The zero-order chi connectivity index (χ0) is 4.99. The molecule has 0 fully saturated rings. The molecule has 0 heterocycles. The van der Waals surface area contributed by atoms with Crippen LogP contribution in [0.25, 0.3) is 0 Å². The Bertz CT molecular complexity index is 70.6. The van der Waals surface area contributed by atoms with Crippen LogP contribution in [-0.4, -0.2) is 9.56 Å². The molecule has 0 rings (SSSR count). The second-order valence-electron chi connectivity index (χ2n) is 0.743. The molecule has 0 spiro atoms. The van der Waals surface area contributed by atoms with E-state index in [1.165, 1.54) is 5.37 Å². The zero-order valence-corrected chi connectivity index (χ0v) is 8.46. The smallest absolute Gasteiger partial charge is 0.433 e. The summed E-state index contributed by atoms with van der Waals surface area (Å²) in [6.07, 6.45) is 0.611. The second-order valence-corrected chi connectivity index (χ2v) is 2.32. The molecule has 0 saturated carbocycles. The van der Waals surface area contributed by atoms with Gasteiger partial charge in [0.05, 0.1) is 0 Å². The Kier molecular flexibility index (Phi) is 11.9.